The summed E-state index contributed by atoms with van der Waals surface area (Å²) in [7, 11) is -2.20. The molecule has 228 valence electrons. The number of esters is 3. The highest BCUT2D eigenvalue weighted by molar-refractivity contribution is 6.74. The second-order valence-electron chi connectivity index (χ2n) is 12.0. The molecule has 9 heteroatoms. The van der Waals surface area contributed by atoms with E-state index in [2.05, 4.69) is 33.9 Å². The van der Waals surface area contributed by atoms with E-state index in [9.17, 15) is 19.2 Å². The normalized spacial score (nSPS) is 18.5. The van der Waals surface area contributed by atoms with Crippen molar-refractivity contribution in [3.05, 3.63) is 35.4 Å². The number of fused-ring (bicyclic) bond motifs is 1. The van der Waals surface area contributed by atoms with Crippen molar-refractivity contribution < 1.29 is 37.8 Å². The molecule has 0 amide bonds. The largest absolute Gasteiger partial charge is 0.543 e. The maximum Gasteiger partial charge on any atom is 0.323 e. The van der Waals surface area contributed by atoms with Gasteiger partial charge in [0.15, 0.2) is 11.2 Å². The summed E-state index contributed by atoms with van der Waals surface area (Å²) in [4.78, 5) is 53.5. The molecule has 0 aromatic heterocycles. The lowest BCUT2D eigenvalue weighted by molar-refractivity contribution is -0.172. The number of ether oxygens (including phenoxy) is 3. The molecule has 0 spiro atoms. The molecule has 1 atom stereocenters. The summed E-state index contributed by atoms with van der Waals surface area (Å²) >= 11 is 0. The standard InChI is InChI=1S/C32H48O8Si/c1-11-31(27(34)37-13-3,28(35)38-14-4)19-18-22-21-32(12-2,29(36)39-15-5)26(33)24-17-16-23(20-25(22)24)40-41(9,10)30(6,7)8/h16-18,20H,11-15,19,21H2,1-10H3/b22-18+. The van der Waals surface area contributed by atoms with E-state index in [0.29, 0.717) is 22.4 Å². The molecule has 0 aliphatic heterocycles. The van der Waals surface area contributed by atoms with Gasteiger partial charge in [-0.05, 0) is 93.9 Å². The predicted octanol–water partition coefficient (Wildman–Crippen LogP) is 6.91. The Morgan fingerprint density at radius 1 is 0.902 bits per heavy atom. The zero-order valence-electron chi connectivity index (χ0n) is 26.5. The third kappa shape index (κ3) is 6.76. The number of hydrogen-bond donors (Lipinski definition) is 0. The van der Waals surface area contributed by atoms with Crippen LogP contribution in [-0.4, -0.2) is 51.8 Å². The van der Waals surface area contributed by atoms with Crippen LogP contribution >= 0.6 is 0 Å². The molecule has 0 saturated carbocycles. The quantitative estimate of drug-likeness (QED) is 0.112. The van der Waals surface area contributed by atoms with Gasteiger partial charge in [-0.3, -0.25) is 19.2 Å². The predicted molar refractivity (Wildman–Crippen MR) is 161 cm³/mol. The summed E-state index contributed by atoms with van der Waals surface area (Å²) in [6.45, 7) is 19.7. The molecule has 1 aromatic carbocycles. The third-order valence-electron chi connectivity index (χ3n) is 8.59. The first kappa shape index (κ1) is 34.3. The van der Waals surface area contributed by atoms with Crippen molar-refractivity contribution in [2.24, 2.45) is 10.8 Å². The van der Waals surface area contributed by atoms with Crippen LogP contribution in [-0.2, 0) is 28.6 Å². The Hall–Kier alpha value is -2.94. The topological polar surface area (TPSA) is 105 Å². The van der Waals surface area contributed by atoms with E-state index in [4.69, 9.17) is 18.6 Å². The average molecular weight is 589 g/mol. The van der Waals surface area contributed by atoms with E-state index < -0.39 is 37.1 Å². The highest BCUT2D eigenvalue weighted by atomic mass is 28.4. The summed E-state index contributed by atoms with van der Waals surface area (Å²) < 4.78 is 22.6. The number of ketones is 1. The molecule has 1 aromatic rings. The number of carbonyl (C=O) groups is 4. The van der Waals surface area contributed by atoms with Crippen LogP contribution in [0.1, 0.15) is 97.0 Å². The van der Waals surface area contributed by atoms with Crippen molar-refractivity contribution in [3.8, 4) is 5.75 Å². The van der Waals surface area contributed by atoms with Gasteiger partial charge in [0.1, 0.15) is 11.2 Å². The lowest BCUT2D eigenvalue weighted by Crippen LogP contribution is -2.44. The van der Waals surface area contributed by atoms with Gasteiger partial charge in [0.2, 0.25) is 8.32 Å². The Bertz CT molecular complexity index is 1160. The highest BCUT2D eigenvalue weighted by Crippen LogP contribution is 2.47. The molecule has 0 bridgehead atoms. The Morgan fingerprint density at radius 2 is 1.46 bits per heavy atom. The van der Waals surface area contributed by atoms with Crippen LogP contribution in [0.4, 0.5) is 0 Å². The molecule has 0 heterocycles. The van der Waals surface area contributed by atoms with Crippen molar-refractivity contribution in [2.45, 2.75) is 99.2 Å². The SMILES string of the molecule is CCOC(=O)C(CC)(C/C=C1\CC(CC)(C(=O)OCC)C(=O)c2ccc(O[Si](C)(C)C(C)(C)C)cc21)C(=O)OCC. The van der Waals surface area contributed by atoms with E-state index >= 15 is 0 Å². The minimum absolute atomic E-state index is 0.0138. The number of Topliss-reactive ketones (excluding diaryl/α,β-unsaturated/α-hetero) is 1. The van der Waals surface area contributed by atoms with Gasteiger partial charge in [0, 0.05) is 5.56 Å². The first-order chi connectivity index (χ1) is 19.1. The minimum atomic E-state index is -2.20. The second kappa shape index (κ2) is 13.4. The van der Waals surface area contributed by atoms with E-state index in [1.807, 2.05) is 6.07 Å². The first-order valence-electron chi connectivity index (χ1n) is 14.7. The fraction of sp³-hybridized carbons (Fsp3) is 0.625. The van der Waals surface area contributed by atoms with Gasteiger partial charge in [0.05, 0.1) is 19.8 Å². The molecular weight excluding hydrogens is 540 g/mol. The molecule has 0 N–H and O–H groups in total. The number of rotatable bonds is 12. The van der Waals surface area contributed by atoms with Crippen molar-refractivity contribution >= 4 is 37.6 Å². The van der Waals surface area contributed by atoms with Crippen LogP contribution in [0, 0.1) is 10.8 Å². The van der Waals surface area contributed by atoms with Crippen molar-refractivity contribution in [2.75, 3.05) is 19.8 Å². The molecule has 2 rings (SSSR count). The highest BCUT2D eigenvalue weighted by Gasteiger charge is 2.51. The fourth-order valence-electron chi connectivity index (χ4n) is 4.82. The van der Waals surface area contributed by atoms with E-state index in [1.54, 1.807) is 52.8 Å². The Labute approximate surface area is 246 Å². The Morgan fingerprint density at radius 3 is 1.93 bits per heavy atom. The van der Waals surface area contributed by atoms with Crippen LogP contribution in [0.3, 0.4) is 0 Å². The molecule has 1 aliphatic rings. The molecular formula is C32H48O8Si. The number of benzene rings is 1. The zero-order chi connectivity index (χ0) is 31.2. The van der Waals surface area contributed by atoms with E-state index in [-0.39, 0.29) is 56.3 Å². The summed E-state index contributed by atoms with van der Waals surface area (Å²) in [5, 5.41) is -0.0430. The summed E-state index contributed by atoms with van der Waals surface area (Å²) in [5.74, 6) is -1.57. The monoisotopic (exact) mass is 588 g/mol. The first-order valence-corrected chi connectivity index (χ1v) is 17.6. The number of carbonyl (C=O) groups excluding carboxylic acids is 4. The van der Waals surface area contributed by atoms with Crippen molar-refractivity contribution in [3.63, 3.8) is 0 Å². The second-order valence-corrected chi connectivity index (χ2v) is 16.8. The molecule has 0 fully saturated rings. The average Bonchev–Trinajstić information content (AvgIpc) is 2.90. The maximum atomic E-state index is 13.9. The summed E-state index contributed by atoms with van der Waals surface area (Å²) in [6.07, 6.45) is 2.23. The van der Waals surface area contributed by atoms with Crippen molar-refractivity contribution in [1.82, 2.24) is 0 Å². The smallest absolute Gasteiger partial charge is 0.323 e. The van der Waals surface area contributed by atoms with E-state index in [0.717, 1.165) is 0 Å². The van der Waals surface area contributed by atoms with Gasteiger partial charge < -0.3 is 18.6 Å². The third-order valence-corrected chi connectivity index (χ3v) is 12.9. The van der Waals surface area contributed by atoms with Gasteiger partial charge >= 0.3 is 17.9 Å². The van der Waals surface area contributed by atoms with E-state index in [1.165, 1.54) is 0 Å². The molecule has 41 heavy (non-hydrogen) atoms. The maximum absolute atomic E-state index is 13.9. The molecule has 0 radical (unpaired) electrons. The zero-order valence-corrected chi connectivity index (χ0v) is 27.5. The van der Waals surface area contributed by atoms with Crippen LogP contribution in [0.2, 0.25) is 18.1 Å². The lowest BCUT2D eigenvalue weighted by Gasteiger charge is -2.38. The van der Waals surface area contributed by atoms with Gasteiger partial charge in [0.25, 0.3) is 0 Å². The number of hydrogen-bond acceptors (Lipinski definition) is 8. The Balaban J connectivity index is 2.78. The molecule has 1 aliphatic carbocycles. The molecule has 0 saturated heterocycles. The lowest BCUT2D eigenvalue weighted by atomic mass is 9.66. The number of allylic oxidation sites excluding steroid dienone is 2. The van der Waals surface area contributed by atoms with Gasteiger partial charge in [-0.15, -0.1) is 0 Å². The Kier molecular flexibility index (Phi) is 11.2. The molecule has 8 nitrogen and oxygen atoms in total. The molecule has 1 unspecified atom stereocenters. The summed E-state index contributed by atoms with van der Waals surface area (Å²) in [5.41, 5.74) is -1.30. The van der Waals surface area contributed by atoms with Crippen LogP contribution in [0.25, 0.3) is 5.57 Å². The van der Waals surface area contributed by atoms with Crippen LogP contribution in [0.15, 0.2) is 24.3 Å². The van der Waals surface area contributed by atoms with Crippen LogP contribution < -0.4 is 4.43 Å². The van der Waals surface area contributed by atoms with Crippen molar-refractivity contribution in [1.29, 1.82) is 0 Å². The van der Waals surface area contributed by atoms with Gasteiger partial charge in [-0.2, -0.15) is 0 Å². The minimum Gasteiger partial charge on any atom is -0.543 e. The fourth-order valence-corrected chi connectivity index (χ4v) is 5.84. The van der Waals surface area contributed by atoms with Crippen LogP contribution in [0.5, 0.6) is 5.75 Å². The van der Waals surface area contributed by atoms with Gasteiger partial charge in [-0.25, -0.2) is 0 Å². The van der Waals surface area contributed by atoms with Gasteiger partial charge in [-0.1, -0.05) is 40.7 Å². The summed E-state index contributed by atoms with van der Waals surface area (Å²) in [6, 6.07) is 5.33.